The van der Waals surface area contributed by atoms with Gasteiger partial charge in [-0.05, 0) is 30.9 Å². The smallest absolute Gasteiger partial charge is 0.319 e. The summed E-state index contributed by atoms with van der Waals surface area (Å²) in [6.45, 7) is 9.36. The number of esters is 1. The molecule has 5 nitrogen and oxygen atoms in total. The fourth-order valence-corrected chi connectivity index (χ4v) is 1.88. The third kappa shape index (κ3) is 4.05. The van der Waals surface area contributed by atoms with E-state index >= 15 is 0 Å². The largest absolute Gasteiger partial charge is 0.465 e. The number of nitrogens with zero attached hydrogens (tertiary/aromatic N) is 1. The van der Waals surface area contributed by atoms with E-state index in [2.05, 4.69) is 10.3 Å². The van der Waals surface area contributed by atoms with Crippen molar-refractivity contribution in [3.63, 3.8) is 0 Å². The lowest BCUT2D eigenvalue weighted by atomic mass is 9.80. The molecule has 110 valence electrons. The number of carbonyl (C=O) groups excluding carboxylic acids is 2. The summed E-state index contributed by atoms with van der Waals surface area (Å²) >= 11 is 0. The Morgan fingerprint density at radius 2 is 2.05 bits per heavy atom. The van der Waals surface area contributed by atoms with Crippen LogP contribution in [-0.2, 0) is 14.3 Å². The van der Waals surface area contributed by atoms with Gasteiger partial charge in [0.25, 0.3) is 0 Å². The molecular formula is C15H22N2O3. The van der Waals surface area contributed by atoms with Crippen molar-refractivity contribution in [2.75, 3.05) is 11.9 Å². The Kier molecular flexibility index (Phi) is 5.25. The van der Waals surface area contributed by atoms with Crippen molar-refractivity contribution in [2.45, 2.75) is 34.6 Å². The first-order valence-electron chi connectivity index (χ1n) is 6.65. The van der Waals surface area contributed by atoms with Crippen molar-refractivity contribution >= 4 is 17.6 Å². The zero-order valence-electron chi connectivity index (χ0n) is 12.7. The van der Waals surface area contributed by atoms with Gasteiger partial charge in [0.05, 0.1) is 18.5 Å². The Bertz CT molecular complexity index is 492. The molecule has 1 aromatic rings. The van der Waals surface area contributed by atoms with Gasteiger partial charge in [-0.2, -0.15) is 0 Å². The van der Waals surface area contributed by atoms with E-state index in [-0.39, 0.29) is 12.5 Å². The van der Waals surface area contributed by atoms with Crippen LogP contribution in [0.3, 0.4) is 0 Å². The summed E-state index contributed by atoms with van der Waals surface area (Å²) in [6.07, 6.45) is 3.22. The van der Waals surface area contributed by atoms with Gasteiger partial charge in [-0.3, -0.25) is 14.6 Å². The Labute approximate surface area is 119 Å². The topological polar surface area (TPSA) is 68.3 Å². The van der Waals surface area contributed by atoms with Crippen LogP contribution in [0.2, 0.25) is 0 Å². The summed E-state index contributed by atoms with van der Waals surface area (Å²) in [7, 11) is 0. The van der Waals surface area contributed by atoms with E-state index < -0.39 is 17.3 Å². The molecule has 0 aliphatic heterocycles. The lowest BCUT2D eigenvalue weighted by Crippen LogP contribution is -2.40. The standard InChI is InChI=1S/C15H22N2O3/c1-6-20-14(19)12(15(3,4)5)13(18)17-11-9-16-8-7-10(11)2/h7-9,12H,6H2,1-5H3,(H,17,18). The van der Waals surface area contributed by atoms with Crippen molar-refractivity contribution in [3.05, 3.63) is 24.0 Å². The molecule has 1 N–H and O–H groups in total. The van der Waals surface area contributed by atoms with E-state index in [4.69, 9.17) is 4.74 Å². The monoisotopic (exact) mass is 278 g/mol. The average Bonchev–Trinajstić information content (AvgIpc) is 2.30. The molecule has 1 amide bonds. The molecule has 0 radical (unpaired) electrons. The van der Waals surface area contributed by atoms with Gasteiger partial charge in [0, 0.05) is 6.20 Å². The van der Waals surface area contributed by atoms with E-state index in [1.54, 1.807) is 25.4 Å². The lowest BCUT2D eigenvalue weighted by Gasteiger charge is -2.27. The number of aryl methyl sites for hydroxylation is 1. The molecule has 0 aliphatic carbocycles. The van der Waals surface area contributed by atoms with Gasteiger partial charge >= 0.3 is 5.97 Å². The highest BCUT2D eigenvalue weighted by molar-refractivity contribution is 6.05. The molecule has 0 bridgehead atoms. The van der Waals surface area contributed by atoms with E-state index in [0.29, 0.717) is 5.69 Å². The third-order valence-corrected chi connectivity index (χ3v) is 2.95. The van der Waals surface area contributed by atoms with Gasteiger partial charge < -0.3 is 10.1 Å². The normalized spacial score (nSPS) is 12.7. The highest BCUT2D eigenvalue weighted by Crippen LogP contribution is 2.28. The molecule has 5 heteroatoms. The van der Waals surface area contributed by atoms with E-state index in [9.17, 15) is 9.59 Å². The molecular weight excluding hydrogens is 256 g/mol. The summed E-state index contributed by atoms with van der Waals surface area (Å²) in [5, 5.41) is 2.75. The third-order valence-electron chi connectivity index (χ3n) is 2.95. The molecule has 0 saturated carbocycles. The Morgan fingerprint density at radius 1 is 1.40 bits per heavy atom. The summed E-state index contributed by atoms with van der Waals surface area (Å²) in [6, 6.07) is 1.80. The van der Waals surface area contributed by atoms with Gasteiger partial charge in [0.2, 0.25) is 5.91 Å². The molecule has 0 spiro atoms. The fraction of sp³-hybridized carbons (Fsp3) is 0.533. The average molecular weight is 278 g/mol. The van der Waals surface area contributed by atoms with Crippen LogP contribution in [0.25, 0.3) is 0 Å². The van der Waals surface area contributed by atoms with Crippen molar-refractivity contribution in [1.82, 2.24) is 4.98 Å². The zero-order chi connectivity index (χ0) is 15.3. The maximum absolute atomic E-state index is 12.4. The van der Waals surface area contributed by atoms with Crippen LogP contribution in [0, 0.1) is 18.3 Å². The first kappa shape index (κ1) is 16.1. The molecule has 1 rings (SSSR count). The van der Waals surface area contributed by atoms with Gasteiger partial charge in [-0.15, -0.1) is 0 Å². The number of hydrogen-bond donors (Lipinski definition) is 1. The fourth-order valence-electron chi connectivity index (χ4n) is 1.88. The summed E-state index contributed by atoms with van der Waals surface area (Å²) in [5.41, 5.74) is 0.979. The molecule has 20 heavy (non-hydrogen) atoms. The van der Waals surface area contributed by atoms with Crippen LogP contribution in [0.15, 0.2) is 18.5 Å². The summed E-state index contributed by atoms with van der Waals surface area (Å²) in [5.74, 6) is -1.73. The highest BCUT2D eigenvalue weighted by Gasteiger charge is 2.39. The Balaban J connectivity index is 2.95. The van der Waals surface area contributed by atoms with Crippen LogP contribution in [0.4, 0.5) is 5.69 Å². The first-order valence-corrected chi connectivity index (χ1v) is 6.65. The maximum Gasteiger partial charge on any atom is 0.319 e. The van der Waals surface area contributed by atoms with Gasteiger partial charge in [0.15, 0.2) is 0 Å². The highest BCUT2D eigenvalue weighted by atomic mass is 16.5. The minimum absolute atomic E-state index is 0.255. The van der Waals surface area contributed by atoms with Gasteiger partial charge in [-0.25, -0.2) is 0 Å². The minimum Gasteiger partial charge on any atom is -0.465 e. The van der Waals surface area contributed by atoms with Crippen LogP contribution in [-0.4, -0.2) is 23.5 Å². The number of aromatic nitrogens is 1. The predicted molar refractivity (Wildman–Crippen MR) is 77.2 cm³/mol. The molecule has 1 aromatic heterocycles. The maximum atomic E-state index is 12.4. The Hall–Kier alpha value is -1.91. The van der Waals surface area contributed by atoms with Gasteiger partial charge in [-0.1, -0.05) is 20.8 Å². The van der Waals surface area contributed by atoms with Crippen molar-refractivity contribution in [2.24, 2.45) is 11.3 Å². The zero-order valence-corrected chi connectivity index (χ0v) is 12.7. The molecule has 0 fully saturated rings. The Morgan fingerprint density at radius 3 is 2.55 bits per heavy atom. The van der Waals surface area contributed by atoms with E-state index in [0.717, 1.165) is 5.56 Å². The van der Waals surface area contributed by atoms with Crippen molar-refractivity contribution in [1.29, 1.82) is 0 Å². The van der Waals surface area contributed by atoms with Gasteiger partial charge in [0.1, 0.15) is 5.92 Å². The molecule has 0 saturated heterocycles. The summed E-state index contributed by atoms with van der Waals surface area (Å²) < 4.78 is 5.00. The van der Waals surface area contributed by atoms with Crippen LogP contribution in [0.5, 0.6) is 0 Å². The van der Waals surface area contributed by atoms with E-state index in [1.165, 1.54) is 0 Å². The van der Waals surface area contributed by atoms with Crippen molar-refractivity contribution in [3.8, 4) is 0 Å². The quantitative estimate of drug-likeness (QED) is 0.679. The van der Waals surface area contributed by atoms with Crippen molar-refractivity contribution < 1.29 is 14.3 Å². The molecule has 0 aromatic carbocycles. The second kappa shape index (κ2) is 6.50. The second-order valence-corrected chi connectivity index (χ2v) is 5.73. The molecule has 1 unspecified atom stereocenters. The van der Waals surface area contributed by atoms with Crippen LogP contribution < -0.4 is 5.32 Å². The molecule has 1 heterocycles. The van der Waals surface area contributed by atoms with E-state index in [1.807, 2.05) is 27.7 Å². The second-order valence-electron chi connectivity index (χ2n) is 5.73. The SMILES string of the molecule is CCOC(=O)C(C(=O)Nc1cnccc1C)C(C)(C)C. The first-order chi connectivity index (χ1) is 9.27. The number of carbonyl (C=O) groups is 2. The number of rotatable bonds is 4. The number of amides is 1. The molecule has 1 atom stereocenters. The van der Waals surface area contributed by atoms with Crippen LogP contribution >= 0.6 is 0 Å². The number of hydrogen-bond acceptors (Lipinski definition) is 4. The summed E-state index contributed by atoms with van der Waals surface area (Å²) in [4.78, 5) is 28.4. The minimum atomic E-state index is -0.859. The number of nitrogens with one attached hydrogen (secondary N) is 1. The number of pyridine rings is 1. The lowest BCUT2D eigenvalue weighted by molar-refractivity contribution is -0.155. The molecule has 0 aliphatic rings. The number of anilines is 1. The number of ether oxygens (including phenoxy) is 1. The van der Waals surface area contributed by atoms with Crippen LogP contribution in [0.1, 0.15) is 33.3 Å². The predicted octanol–water partition coefficient (Wildman–Crippen LogP) is 2.55.